The van der Waals surface area contributed by atoms with Crippen LogP contribution in [0, 0.1) is 0 Å². The van der Waals surface area contributed by atoms with E-state index in [-0.39, 0.29) is 0 Å². The summed E-state index contributed by atoms with van der Waals surface area (Å²) in [7, 11) is 0. The Morgan fingerprint density at radius 2 is 2.06 bits per heavy atom. The van der Waals surface area contributed by atoms with Crippen LogP contribution in [0.2, 0.25) is 0 Å². The first-order valence-corrected chi connectivity index (χ1v) is 7.08. The van der Waals surface area contributed by atoms with Crippen molar-refractivity contribution in [3.8, 4) is 0 Å². The normalized spacial score (nSPS) is 26.6. The van der Waals surface area contributed by atoms with Crippen LogP contribution in [0.1, 0.15) is 38.5 Å². The van der Waals surface area contributed by atoms with Gasteiger partial charge >= 0.3 is 0 Å². The summed E-state index contributed by atoms with van der Waals surface area (Å²) in [5.41, 5.74) is 0. The molecule has 1 unspecified atom stereocenters. The van der Waals surface area contributed by atoms with Gasteiger partial charge in [0.15, 0.2) is 0 Å². The molecule has 0 spiro atoms. The summed E-state index contributed by atoms with van der Waals surface area (Å²) in [6.45, 7) is 4.95. The molecule has 0 aromatic carbocycles. The molecule has 2 saturated heterocycles. The Balaban J connectivity index is 1.68. The summed E-state index contributed by atoms with van der Waals surface area (Å²) in [6.07, 6.45) is 6.68. The van der Waals surface area contributed by atoms with Crippen molar-refractivity contribution in [2.45, 2.75) is 44.6 Å². The lowest BCUT2D eigenvalue weighted by Crippen LogP contribution is -2.37. The lowest BCUT2D eigenvalue weighted by atomic mass is 10.0. The Kier molecular flexibility index (Phi) is 5.26. The molecule has 98 valence electrons. The second kappa shape index (κ2) is 6.97. The number of piperidine rings is 1. The number of carbonyl (C=O) groups is 1. The minimum atomic E-state index is 0.348. The fraction of sp³-hybridized carbons (Fsp3) is 0.923. The van der Waals surface area contributed by atoms with Crippen molar-refractivity contribution in [2.24, 2.45) is 0 Å². The predicted octanol–water partition coefficient (Wildman–Crippen LogP) is 0.731. The number of carbonyl (C=O) groups excluding carboxylic acids is 1. The fourth-order valence-corrected chi connectivity index (χ4v) is 2.72. The van der Waals surface area contributed by atoms with Crippen LogP contribution in [0.3, 0.4) is 0 Å². The average molecular weight is 239 g/mol. The Morgan fingerprint density at radius 3 is 2.88 bits per heavy atom. The van der Waals surface area contributed by atoms with E-state index < -0.39 is 0 Å². The lowest BCUT2D eigenvalue weighted by Gasteiger charge is -2.25. The third-order valence-electron chi connectivity index (χ3n) is 3.81. The van der Waals surface area contributed by atoms with Gasteiger partial charge in [0.05, 0.1) is 0 Å². The maximum Gasteiger partial charge on any atom is 0.222 e. The molecule has 0 aromatic heterocycles. The Hall–Kier alpha value is -0.610. The quantitative estimate of drug-likeness (QED) is 0.763. The number of amides is 1. The van der Waals surface area contributed by atoms with Crippen LogP contribution < -0.4 is 10.6 Å². The third kappa shape index (κ3) is 4.28. The third-order valence-corrected chi connectivity index (χ3v) is 3.81. The molecule has 2 fully saturated rings. The summed E-state index contributed by atoms with van der Waals surface area (Å²) in [6, 6.07) is 0.581. The van der Waals surface area contributed by atoms with Crippen LogP contribution >= 0.6 is 0 Å². The van der Waals surface area contributed by atoms with Gasteiger partial charge in [-0.1, -0.05) is 6.42 Å². The molecule has 0 bridgehead atoms. The van der Waals surface area contributed by atoms with E-state index in [2.05, 4.69) is 10.6 Å². The molecule has 0 saturated carbocycles. The Bertz CT molecular complexity index is 231. The number of nitrogens with zero attached hydrogens (tertiary/aromatic N) is 1. The van der Waals surface area contributed by atoms with Crippen LogP contribution in [0.15, 0.2) is 0 Å². The van der Waals surface area contributed by atoms with Gasteiger partial charge in [0.2, 0.25) is 5.91 Å². The first kappa shape index (κ1) is 12.8. The highest BCUT2D eigenvalue weighted by Crippen LogP contribution is 2.12. The van der Waals surface area contributed by atoms with E-state index in [9.17, 15) is 4.79 Å². The van der Waals surface area contributed by atoms with Gasteiger partial charge in [-0.25, -0.2) is 0 Å². The molecule has 1 amide bonds. The van der Waals surface area contributed by atoms with Gasteiger partial charge in [0.1, 0.15) is 0 Å². The summed E-state index contributed by atoms with van der Waals surface area (Å²) >= 11 is 0. The molecule has 0 aliphatic carbocycles. The number of rotatable bonds is 3. The maximum atomic E-state index is 12.1. The van der Waals surface area contributed by atoms with Crippen LogP contribution in [0.4, 0.5) is 0 Å². The monoisotopic (exact) mass is 239 g/mol. The van der Waals surface area contributed by atoms with Crippen molar-refractivity contribution in [2.75, 3.05) is 32.7 Å². The van der Waals surface area contributed by atoms with Crippen LogP contribution in [0.25, 0.3) is 0 Å². The molecular formula is C13H25N3O. The van der Waals surface area contributed by atoms with Crippen molar-refractivity contribution in [3.05, 3.63) is 0 Å². The van der Waals surface area contributed by atoms with Gasteiger partial charge in [-0.05, 0) is 38.8 Å². The Labute approximate surface area is 104 Å². The molecule has 0 aromatic rings. The molecule has 1 atom stereocenters. The highest BCUT2D eigenvalue weighted by molar-refractivity contribution is 5.76. The minimum absolute atomic E-state index is 0.348. The van der Waals surface area contributed by atoms with Gasteiger partial charge < -0.3 is 15.5 Å². The second-order valence-electron chi connectivity index (χ2n) is 5.17. The molecule has 2 rings (SSSR count). The molecule has 2 aliphatic rings. The second-order valence-corrected chi connectivity index (χ2v) is 5.17. The van der Waals surface area contributed by atoms with Crippen LogP contribution in [0.5, 0.6) is 0 Å². The first-order valence-electron chi connectivity index (χ1n) is 7.08. The summed E-state index contributed by atoms with van der Waals surface area (Å²) in [4.78, 5) is 14.1. The van der Waals surface area contributed by atoms with Gasteiger partial charge in [-0.3, -0.25) is 4.79 Å². The molecule has 2 heterocycles. The smallest absolute Gasteiger partial charge is 0.222 e. The zero-order valence-corrected chi connectivity index (χ0v) is 10.7. The van der Waals surface area contributed by atoms with E-state index >= 15 is 0 Å². The number of nitrogens with one attached hydrogen (secondary N) is 2. The predicted molar refractivity (Wildman–Crippen MR) is 68.9 cm³/mol. The summed E-state index contributed by atoms with van der Waals surface area (Å²) < 4.78 is 0. The van der Waals surface area contributed by atoms with E-state index in [4.69, 9.17) is 0 Å². The van der Waals surface area contributed by atoms with Crippen molar-refractivity contribution < 1.29 is 4.79 Å². The van der Waals surface area contributed by atoms with E-state index in [1.165, 1.54) is 19.3 Å². The SMILES string of the molecule is O=C(CCC1CCCCN1)N1CCCNCC1. The largest absolute Gasteiger partial charge is 0.341 e. The molecule has 2 aliphatic heterocycles. The van der Waals surface area contributed by atoms with Crippen molar-refractivity contribution >= 4 is 5.91 Å². The zero-order chi connectivity index (χ0) is 11.9. The van der Waals surface area contributed by atoms with Crippen LogP contribution in [-0.4, -0.2) is 49.6 Å². The van der Waals surface area contributed by atoms with Gasteiger partial charge in [-0.2, -0.15) is 0 Å². The molecule has 17 heavy (non-hydrogen) atoms. The summed E-state index contributed by atoms with van der Waals surface area (Å²) in [5, 5.41) is 6.84. The first-order chi connectivity index (χ1) is 8.36. The van der Waals surface area contributed by atoms with Crippen molar-refractivity contribution in [3.63, 3.8) is 0 Å². The van der Waals surface area contributed by atoms with Crippen molar-refractivity contribution in [1.29, 1.82) is 0 Å². The van der Waals surface area contributed by atoms with Gasteiger partial charge in [0.25, 0.3) is 0 Å². The molecular weight excluding hydrogens is 214 g/mol. The van der Waals surface area contributed by atoms with E-state index in [1.807, 2.05) is 4.90 Å². The minimum Gasteiger partial charge on any atom is -0.341 e. The molecule has 0 radical (unpaired) electrons. The van der Waals surface area contributed by atoms with E-state index in [1.54, 1.807) is 0 Å². The van der Waals surface area contributed by atoms with Crippen LogP contribution in [-0.2, 0) is 4.79 Å². The molecule has 2 N–H and O–H groups in total. The lowest BCUT2D eigenvalue weighted by molar-refractivity contribution is -0.131. The highest BCUT2D eigenvalue weighted by atomic mass is 16.2. The van der Waals surface area contributed by atoms with Crippen molar-refractivity contribution in [1.82, 2.24) is 15.5 Å². The summed E-state index contributed by atoms with van der Waals surface area (Å²) in [5.74, 6) is 0.348. The topological polar surface area (TPSA) is 44.4 Å². The standard InChI is InChI=1S/C13H25N3O/c17-13(16-10-3-7-14-9-11-16)6-5-12-4-1-2-8-15-12/h12,14-15H,1-11H2. The zero-order valence-electron chi connectivity index (χ0n) is 10.7. The van der Waals surface area contributed by atoms with E-state index in [0.29, 0.717) is 11.9 Å². The Morgan fingerprint density at radius 1 is 1.12 bits per heavy atom. The van der Waals surface area contributed by atoms with Gasteiger partial charge in [-0.15, -0.1) is 0 Å². The number of hydrogen-bond acceptors (Lipinski definition) is 3. The fourth-order valence-electron chi connectivity index (χ4n) is 2.72. The molecule has 4 heteroatoms. The van der Waals surface area contributed by atoms with E-state index in [0.717, 1.165) is 52.0 Å². The molecule has 4 nitrogen and oxygen atoms in total. The van der Waals surface area contributed by atoms with Gasteiger partial charge in [0, 0.05) is 32.1 Å². The number of hydrogen-bond donors (Lipinski definition) is 2. The maximum absolute atomic E-state index is 12.1. The highest BCUT2D eigenvalue weighted by Gasteiger charge is 2.18. The average Bonchev–Trinajstić information content (AvgIpc) is 2.66.